The van der Waals surface area contributed by atoms with E-state index in [9.17, 15) is 23.2 Å². The molecule has 2 amide bonds. The van der Waals surface area contributed by atoms with Crippen molar-refractivity contribution in [3.63, 3.8) is 0 Å². The predicted molar refractivity (Wildman–Crippen MR) is 131 cm³/mol. The molecule has 8 heteroatoms. The summed E-state index contributed by atoms with van der Waals surface area (Å²) in [4.78, 5) is 40.5. The lowest BCUT2D eigenvalue weighted by Crippen LogP contribution is -2.47. The Kier molecular flexibility index (Phi) is 7.65. The summed E-state index contributed by atoms with van der Waals surface area (Å²) in [6.45, 7) is 2.01. The van der Waals surface area contributed by atoms with Gasteiger partial charge in [0, 0.05) is 30.6 Å². The number of para-hydroxylation sites is 1. The Bertz CT molecular complexity index is 1200. The molecule has 5 nitrogen and oxygen atoms in total. The largest absolute Gasteiger partial charge is 0.329 e. The highest BCUT2D eigenvalue weighted by atomic mass is 35.5. The van der Waals surface area contributed by atoms with Crippen molar-refractivity contribution < 1.29 is 23.2 Å². The summed E-state index contributed by atoms with van der Waals surface area (Å²) in [7, 11) is 0. The van der Waals surface area contributed by atoms with Gasteiger partial charge in [-0.3, -0.25) is 14.4 Å². The first kappa shape index (κ1) is 25.0. The van der Waals surface area contributed by atoms with Crippen LogP contribution in [0.15, 0.2) is 42.5 Å². The molecule has 0 saturated heterocycles. The molecule has 2 aliphatic heterocycles. The van der Waals surface area contributed by atoms with Crippen LogP contribution in [-0.2, 0) is 20.8 Å². The molecule has 0 bridgehead atoms. The minimum atomic E-state index is -0.896. The van der Waals surface area contributed by atoms with Crippen LogP contribution in [0.4, 0.5) is 14.5 Å². The molecule has 35 heavy (non-hydrogen) atoms. The number of amides is 2. The van der Waals surface area contributed by atoms with Crippen molar-refractivity contribution >= 4 is 40.5 Å². The van der Waals surface area contributed by atoms with Gasteiger partial charge in [-0.05, 0) is 55.0 Å². The molecular formula is C27H27ClF2N2O3. The second kappa shape index (κ2) is 10.7. The average molecular weight is 501 g/mol. The van der Waals surface area contributed by atoms with Crippen molar-refractivity contribution in [2.24, 2.45) is 5.92 Å². The van der Waals surface area contributed by atoms with E-state index in [1.807, 2.05) is 31.2 Å². The highest BCUT2D eigenvalue weighted by Crippen LogP contribution is 2.32. The fourth-order valence-electron chi connectivity index (χ4n) is 4.76. The van der Waals surface area contributed by atoms with Crippen LogP contribution in [0.2, 0.25) is 5.02 Å². The summed E-state index contributed by atoms with van der Waals surface area (Å²) in [6, 6.07) is 8.95. The maximum Gasteiger partial charge on any atom is 0.247 e. The van der Waals surface area contributed by atoms with E-state index in [1.54, 1.807) is 0 Å². The van der Waals surface area contributed by atoms with Gasteiger partial charge in [0.25, 0.3) is 0 Å². The standard InChI is InChI=1S/C27H27ClF2N2O3/c1-16-5-4-8-22(23(33)12-9-17-6-2-3-7-21(17)31-27(16)35)32-14-13-18(15-24(32)34)25-20(29)11-10-19(28)26(25)30/h2-3,6-7,10-11,15-16,22H,4-5,8-9,12-14H2,1H3,(H,31,35)/t16-,22+/m1/s1. The van der Waals surface area contributed by atoms with Gasteiger partial charge in [0.15, 0.2) is 11.6 Å². The number of hydrogen-bond donors (Lipinski definition) is 1. The molecule has 0 radical (unpaired) electrons. The molecule has 2 aliphatic rings. The zero-order chi connectivity index (χ0) is 25.1. The van der Waals surface area contributed by atoms with Crippen LogP contribution in [0.5, 0.6) is 0 Å². The number of benzene rings is 2. The van der Waals surface area contributed by atoms with Gasteiger partial charge in [0.2, 0.25) is 11.8 Å². The molecule has 2 heterocycles. The number of hydrogen-bond acceptors (Lipinski definition) is 3. The van der Waals surface area contributed by atoms with Crippen LogP contribution in [-0.4, -0.2) is 35.1 Å². The first-order valence-corrected chi connectivity index (χ1v) is 12.2. The van der Waals surface area contributed by atoms with Crippen LogP contribution >= 0.6 is 11.6 Å². The lowest BCUT2D eigenvalue weighted by molar-refractivity contribution is -0.136. The van der Waals surface area contributed by atoms with E-state index in [0.29, 0.717) is 31.4 Å². The Morgan fingerprint density at radius 1 is 1.00 bits per heavy atom. The molecule has 0 saturated carbocycles. The third-order valence-electron chi connectivity index (χ3n) is 6.79. The summed E-state index contributed by atoms with van der Waals surface area (Å²) >= 11 is 5.82. The number of nitrogens with zero attached hydrogens (tertiary/aromatic N) is 1. The quantitative estimate of drug-likeness (QED) is 0.549. The van der Waals surface area contributed by atoms with Crippen LogP contribution < -0.4 is 5.32 Å². The number of halogens is 3. The highest BCUT2D eigenvalue weighted by Gasteiger charge is 2.33. The average Bonchev–Trinajstić information content (AvgIpc) is 2.83. The van der Waals surface area contributed by atoms with E-state index in [4.69, 9.17) is 11.6 Å². The molecule has 2 aromatic rings. The topological polar surface area (TPSA) is 66.5 Å². The zero-order valence-corrected chi connectivity index (χ0v) is 20.2. The second-order valence-corrected chi connectivity index (χ2v) is 9.54. The number of Topliss-reactive ketones (excluding diaryl/α,β-unsaturated/α-hetero) is 1. The Balaban J connectivity index is 1.58. The molecule has 1 N–H and O–H groups in total. The zero-order valence-electron chi connectivity index (χ0n) is 19.5. The minimum absolute atomic E-state index is 0.0651. The molecule has 0 unspecified atom stereocenters. The molecule has 0 fully saturated rings. The molecule has 2 atom stereocenters. The van der Waals surface area contributed by atoms with Gasteiger partial charge < -0.3 is 10.2 Å². The van der Waals surface area contributed by atoms with Crippen molar-refractivity contribution in [3.05, 3.63) is 70.3 Å². The molecule has 0 aliphatic carbocycles. The third-order valence-corrected chi connectivity index (χ3v) is 7.09. The van der Waals surface area contributed by atoms with Gasteiger partial charge in [-0.25, -0.2) is 8.78 Å². The fourth-order valence-corrected chi connectivity index (χ4v) is 4.92. The summed E-state index contributed by atoms with van der Waals surface area (Å²) in [5.74, 6) is -2.53. The van der Waals surface area contributed by atoms with Crippen LogP contribution in [0.25, 0.3) is 5.57 Å². The Labute approximate surface area is 208 Å². The van der Waals surface area contributed by atoms with Gasteiger partial charge in [-0.1, -0.05) is 43.1 Å². The summed E-state index contributed by atoms with van der Waals surface area (Å²) in [5, 5.41) is 2.75. The summed E-state index contributed by atoms with van der Waals surface area (Å²) < 4.78 is 28.9. The number of fused-ring (bicyclic) bond motifs is 1. The number of anilines is 1. The van der Waals surface area contributed by atoms with E-state index in [1.165, 1.54) is 11.0 Å². The predicted octanol–water partition coefficient (Wildman–Crippen LogP) is 5.56. The second-order valence-electron chi connectivity index (χ2n) is 9.13. The lowest BCUT2D eigenvalue weighted by atomic mass is 9.91. The summed E-state index contributed by atoms with van der Waals surface area (Å²) in [6.07, 6.45) is 3.63. The van der Waals surface area contributed by atoms with E-state index < -0.39 is 23.6 Å². The van der Waals surface area contributed by atoms with Gasteiger partial charge in [-0.2, -0.15) is 0 Å². The van der Waals surface area contributed by atoms with E-state index in [2.05, 4.69) is 5.32 Å². The third kappa shape index (κ3) is 5.45. The monoisotopic (exact) mass is 500 g/mol. The number of carbonyl (C=O) groups excluding carboxylic acids is 3. The van der Waals surface area contributed by atoms with Crippen molar-refractivity contribution in [1.29, 1.82) is 0 Å². The lowest BCUT2D eigenvalue weighted by Gasteiger charge is -2.34. The van der Waals surface area contributed by atoms with Gasteiger partial charge >= 0.3 is 0 Å². The van der Waals surface area contributed by atoms with E-state index in [0.717, 1.165) is 17.7 Å². The fraction of sp³-hybridized carbons (Fsp3) is 0.370. The minimum Gasteiger partial charge on any atom is -0.329 e. The Morgan fingerprint density at radius 2 is 1.77 bits per heavy atom. The molecule has 2 aromatic carbocycles. The Morgan fingerprint density at radius 3 is 2.54 bits per heavy atom. The first-order valence-electron chi connectivity index (χ1n) is 11.8. The van der Waals surface area contributed by atoms with Crippen LogP contribution in [0.1, 0.15) is 50.2 Å². The number of rotatable bonds is 2. The number of ketones is 1. The van der Waals surface area contributed by atoms with Gasteiger partial charge in [-0.15, -0.1) is 0 Å². The smallest absolute Gasteiger partial charge is 0.247 e. The van der Waals surface area contributed by atoms with Crippen LogP contribution in [0, 0.1) is 17.6 Å². The van der Waals surface area contributed by atoms with Crippen molar-refractivity contribution in [2.75, 3.05) is 11.9 Å². The first-order chi connectivity index (χ1) is 16.8. The van der Waals surface area contributed by atoms with E-state index in [-0.39, 0.29) is 53.2 Å². The number of aryl methyl sites for hydroxylation is 1. The molecule has 4 rings (SSSR count). The molecule has 184 valence electrons. The maximum atomic E-state index is 14.5. The van der Waals surface area contributed by atoms with Crippen molar-refractivity contribution in [2.45, 2.75) is 51.5 Å². The maximum absolute atomic E-state index is 14.5. The number of carbonyl (C=O) groups is 3. The van der Waals surface area contributed by atoms with Gasteiger partial charge in [0.05, 0.1) is 16.6 Å². The number of nitrogens with one attached hydrogen (secondary N) is 1. The summed E-state index contributed by atoms with van der Waals surface area (Å²) in [5.41, 5.74) is 1.48. The highest BCUT2D eigenvalue weighted by molar-refractivity contribution is 6.31. The van der Waals surface area contributed by atoms with Gasteiger partial charge in [0.1, 0.15) is 5.82 Å². The SMILES string of the molecule is C[C@@H]1CCC[C@H](N2CCC(c3c(F)ccc(Cl)c3F)=CC2=O)C(=O)CCc2ccccc2NC1=O. The normalized spacial score (nSPS) is 22.0. The molecule has 0 aromatic heterocycles. The molecular weight excluding hydrogens is 474 g/mol. The molecule has 0 spiro atoms. The Hall–Kier alpha value is -3.06. The van der Waals surface area contributed by atoms with Crippen molar-refractivity contribution in [1.82, 2.24) is 4.90 Å². The van der Waals surface area contributed by atoms with E-state index >= 15 is 0 Å². The van der Waals surface area contributed by atoms with Crippen LogP contribution in [0.3, 0.4) is 0 Å². The van der Waals surface area contributed by atoms with Crippen molar-refractivity contribution in [3.8, 4) is 0 Å².